The fourth-order valence-corrected chi connectivity index (χ4v) is 3.30. The lowest BCUT2D eigenvalue weighted by molar-refractivity contribution is 0.201. The first-order valence-electron chi connectivity index (χ1n) is 10.5. The molecule has 0 amide bonds. The third kappa shape index (κ3) is 10.1. The topological polar surface area (TPSA) is 113 Å². The summed E-state index contributed by atoms with van der Waals surface area (Å²) in [5.41, 5.74) is 10.1. The van der Waals surface area contributed by atoms with Crippen LogP contribution in [0.2, 0.25) is 0 Å². The van der Waals surface area contributed by atoms with Crippen molar-refractivity contribution < 1.29 is 13.1 Å². The second-order valence-corrected chi connectivity index (χ2v) is 7.71. The van der Waals surface area contributed by atoms with Gasteiger partial charge >= 0.3 is 0 Å². The minimum atomic E-state index is -1.57. The summed E-state index contributed by atoms with van der Waals surface area (Å²) in [6.45, 7) is 6.17. The molecular formula is C22H36N4O3S. The van der Waals surface area contributed by atoms with Crippen LogP contribution in [0.3, 0.4) is 0 Å². The summed E-state index contributed by atoms with van der Waals surface area (Å²) in [6, 6.07) is 8.47. The first-order chi connectivity index (χ1) is 14.5. The van der Waals surface area contributed by atoms with Crippen LogP contribution in [0, 0.1) is 6.92 Å². The summed E-state index contributed by atoms with van der Waals surface area (Å²) < 4.78 is 19.1. The van der Waals surface area contributed by atoms with E-state index >= 15 is 0 Å². The van der Waals surface area contributed by atoms with E-state index in [1.807, 2.05) is 13.8 Å². The van der Waals surface area contributed by atoms with Crippen LogP contribution in [0.4, 0.5) is 5.82 Å². The van der Waals surface area contributed by atoms with E-state index in [2.05, 4.69) is 44.4 Å². The van der Waals surface area contributed by atoms with E-state index in [4.69, 9.17) is 10.5 Å². The highest BCUT2D eigenvalue weighted by molar-refractivity contribution is 7.77. The van der Waals surface area contributed by atoms with Crippen molar-refractivity contribution in [3.05, 3.63) is 47.3 Å². The van der Waals surface area contributed by atoms with Gasteiger partial charge in [0.15, 0.2) is 0 Å². The molecule has 0 spiro atoms. The Kier molecular flexibility index (Phi) is 12.9. The van der Waals surface area contributed by atoms with E-state index in [9.17, 15) is 4.21 Å². The van der Waals surface area contributed by atoms with E-state index in [0.717, 1.165) is 12.8 Å². The van der Waals surface area contributed by atoms with Crippen molar-refractivity contribution in [3.63, 3.8) is 0 Å². The number of aryl methyl sites for hydroxylation is 3. The quantitative estimate of drug-likeness (QED) is 0.750. The summed E-state index contributed by atoms with van der Waals surface area (Å²) in [6.07, 6.45) is 10.5. The zero-order valence-electron chi connectivity index (χ0n) is 18.6. The van der Waals surface area contributed by atoms with Crippen molar-refractivity contribution in [1.29, 1.82) is 0 Å². The Morgan fingerprint density at radius 2 is 1.67 bits per heavy atom. The number of nitrogen functional groups attached to an aromatic ring is 1. The molecule has 7 nitrogen and oxygen atoms in total. The van der Waals surface area contributed by atoms with Crippen molar-refractivity contribution in [1.82, 2.24) is 9.97 Å². The number of nitrogens with zero attached hydrogens (tertiary/aromatic N) is 2. The number of ether oxygens (including phenoxy) is 1. The first-order valence-corrected chi connectivity index (χ1v) is 11.6. The van der Waals surface area contributed by atoms with Gasteiger partial charge < -0.3 is 10.5 Å². The number of rotatable bonds is 3. The van der Waals surface area contributed by atoms with Crippen molar-refractivity contribution in [3.8, 4) is 5.88 Å². The number of fused-ring (bicyclic) bond motifs is 1. The molecular weight excluding hydrogens is 400 g/mol. The van der Waals surface area contributed by atoms with Crippen LogP contribution in [-0.2, 0) is 28.3 Å². The van der Waals surface area contributed by atoms with Crippen LogP contribution in [0.25, 0.3) is 0 Å². The number of nitrogens with two attached hydrogens (primary N) is 2. The van der Waals surface area contributed by atoms with Gasteiger partial charge in [0.1, 0.15) is 18.2 Å². The fraction of sp³-hybridized carbons (Fsp3) is 0.545. The molecule has 0 radical (unpaired) electrons. The number of anilines is 1. The van der Waals surface area contributed by atoms with E-state index in [1.54, 1.807) is 17.2 Å². The van der Waals surface area contributed by atoms with E-state index in [1.165, 1.54) is 51.1 Å². The van der Waals surface area contributed by atoms with Gasteiger partial charge in [0.2, 0.25) is 17.1 Å². The van der Waals surface area contributed by atoms with Gasteiger partial charge in [-0.2, -0.15) is 0 Å². The molecule has 8 heteroatoms. The first kappa shape index (κ1) is 26.0. The van der Waals surface area contributed by atoms with E-state index in [-0.39, 0.29) is 0 Å². The Morgan fingerprint density at radius 1 is 1.03 bits per heavy atom. The molecule has 168 valence electrons. The molecule has 1 atom stereocenters. The molecule has 1 fully saturated rings. The summed E-state index contributed by atoms with van der Waals surface area (Å²) in [7, 11) is 1.27. The lowest BCUT2D eigenvalue weighted by Crippen LogP contribution is -2.12. The Labute approximate surface area is 183 Å². The third-order valence-electron chi connectivity index (χ3n) is 4.67. The predicted octanol–water partition coefficient (Wildman–Crippen LogP) is 4.06. The van der Waals surface area contributed by atoms with Gasteiger partial charge in [-0.3, -0.25) is 4.18 Å². The molecule has 1 saturated carbocycles. The molecule has 2 aliphatic carbocycles. The van der Waals surface area contributed by atoms with Crippen LogP contribution in [-0.4, -0.2) is 27.4 Å². The summed E-state index contributed by atoms with van der Waals surface area (Å²) in [4.78, 5) is 7.79. The van der Waals surface area contributed by atoms with Gasteiger partial charge in [0, 0.05) is 6.07 Å². The van der Waals surface area contributed by atoms with Crippen molar-refractivity contribution in [2.45, 2.75) is 71.8 Å². The van der Waals surface area contributed by atoms with Gasteiger partial charge in [0.25, 0.3) is 0 Å². The van der Waals surface area contributed by atoms with Crippen LogP contribution < -0.4 is 15.6 Å². The van der Waals surface area contributed by atoms with Gasteiger partial charge in [-0.15, -0.1) is 0 Å². The Balaban J connectivity index is 0.000000235. The maximum atomic E-state index is 9.48. The van der Waals surface area contributed by atoms with E-state index < -0.39 is 11.3 Å². The smallest absolute Gasteiger partial charge is 0.231 e. The normalized spacial score (nSPS) is 15.4. The maximum Gasteiger partial charge on any atom is 0.231 e. The van der Waals surface area contributed by atoms with Crippen LogP contribution >= 0.6 is 0 Å². The number of benzene rings is 1. The van der Waals surface area contributed by atoms with Gasteiger partial charge in [-0.05, 0) is 63.0 Å². The average molecular weight is 437 g/mol. The van der Waals surface area contributed by atoms with Gasteiger partial charge in [-0.1, -0.05) is 37.6 Å². The summed E-state index contributed by atoms with van der Waals surface area (Å²) >= 11 is -1.57. The third-order valence-corrected chi connectivity index (χ3v) is 5.00. The monoisotopic (exact) mass is 436 g/mol. The van der Waals surface area contributed by atoms with Crippen molar-refractivity contribution >= 4 is 17.1 Å². The summed E-state index contributed by atoms with van der Waals surface area (Å²) in [5.74, 6) is 1.06. The molecule has 1 heterocycles. The lowest BCUT2D eigenvalue weighted by Gasteiger charge is -2.11. The SMILES string of the molecule is CC.COS(N)=O.Cc1ccc2c(c1)CCC2.Nc1cc(OC2CCCC2)ncn1. The second kappa shape index (κ2) is 14.9. The molecule has 0 bridgehead atoms. The molecule has 1 aromatic carbocycles. The highest BCUT2D eigenvalue weighted by Gasteiger charge is 2.16. The molecule has 4 N–H and O–H groups in total. The van der Waals surface area contributed by atoms with Crippen LogP contribution in [0.15, 0.2) is 30.6 Å². The van der Waals surface area contributed by atoms with E-state index in [0.29, 0.717) is 17.8 Å². The Hall–Kier alpha value is -2.03. The highest BCUT2D eigenvalue weighted by atomic mass is 32.2. The molecule has 4 rings (SSSR count). The van der Waals surface area contributed by atoms with Crippen LogP contribution in [0.1, 0.15) is 62.6 Å². The minimum Gasteiger partial charge on any atom is -0.474 e. The molecule has 1 aromatic heterocycles. The molecule has 2 aromatic rings. The number of hydrogen-bond donors (Lipinski definition) is 2. The zero-order chi connectivity index (χ0) is 22.4. The Bertz CT molecular complexity index is 768. The largest absolute Gasteiger partial charge is 0.474 e. The van der Waals surface area contributed by atoms with Gasteiger partial charge in [0.05, 0.1) is 7.11 Å². The minimum absolute atomic E-state index is 0.328. The molecule has 0 saturated heterocycles. The van der Waals surface area contributed by atoms with Crippen molar-refractivity contribution in [2.24, 2.45) is 5.14 Å². The van der Waals surface area contributed by atoms with Crippen molar-refractivity contribution in [2.75, 3.05) is 12.8 Å². The average Bonchev–Trinajstić information content (AvgIpc) is 3.42. The second-order valence-electron chi connectivity index (χ2n) is 6.86. The molecule has 0 aliphatic heterocycles. The lowest BCUT2D eigenvalue weighted by atomic mass is 10.1. The fourth-order valence-electron chi connectivity index (χ4n) is 3.30. The van der Waals surface area contributed by atoms with Gasteiger partial charge in [-0.25, -0.2) is 19.3 Å². The number of aromatic nitrogens is 2. The predicted molar refractivity (Wildman–Crippen MR) is 123 cm³/mol. The molecule has 30 heavy (non-hydrogen) atoms. The zero-order valence-corrected chi connectivity index (χ0v) is 19.4. The maximum absolute atomic E-state index is 9.48. The summed E-state index contributed by atoms with van der Waals surface area (Å²) in [5, 5.41) is 4.54. The Morgan fingerprint density at radius 3 is 2.27 bits per heavy atom. The molecule has 2 aliphatic rings. The standard InChI is InChI=1S/C10H12.C9H13N3O.C2H6.CH5NO2S/c1-8-5-6-9-3-2-4-10(9)7-8;10-8-5-9(12-6-11-8)13-7-3-1-2-4-7;1-2;1-4-5(2)3/h5-7H,2-4H2,1H3;5-7H,1-4H2,(H2,10,11,12);1-2H3;2H2,1H3. The molecule has 1 unspecified atom stereocenters. The van der Waals surface area contributed by atoms with Crippen LogP contribution in [0.5, 0.6) is 5.88 Å². The highest BCUT2D eigenvalue weighted by Crippen LogP contribution is 2.23. The number of hydrogen-bond acceptors (Lipinski definition) is 6.